The number of nitrogens with zero attached hydrogens (tertiary/aromatic N) is 3. The smallest absolute Gasteiger partial charge is 0.267 e. The first-order chi connectivity index (χ1) is 14.9. The predicted octanol–water partition coefficient (Wildman–Crippen LogP) is 4.40. The average Bonchev–Trinajstić information content (AvgIpc) is 3.03. The molecule has 166 valence electrons. The number of piperidine rings is 1. The Labute approximate surface area is 193 Å². The molecule has 0 saturated carbocycles. The number of benzene rings is 1. The number of amides is 1. The van der Waals surface area contributed by atoms with Gasteiger partial charge in [0.2, 0.25) is 0 Å². The first kappa shape index (κ1) is 23.6. The van der Waals surface area contributed by atoms with E-state index in [1.165, 1.54) is 0 Å². The van der Waals surface area contributed by atoms with Gasteiger partial charge in [0.15, 0.2) is 0 Å². The maximum absolute atomic E-state index is 12.0. The van der Waals surface area contributed by atoms with E-state index in [2.05, 4.69) is 21.5 Å². The van der Waals surface area contributed by atoms with Crippen LogP contribution in [0.25, 0.3) is 10.9 Å². The molecule has 3 heterocycles. The Bertz CT molecular complexity index is 1040. The molecule has 31 heavy (non-hydrogen) atoms. The molecule has 1 amide bonds. The van der Waals surface area contributed by atoms with Crippen molar-refractivity contribution in [2.24, 2.45) is 12.8 Å². The van der Waals surface area contributed by atoms with Gasteiger partial charge in [-0.3, -0.25) is 9.78 Å². The molecule has 1 aliphatic heterocycles. The Morgan fingerprint density at radius 3 is 2.90 bits per heavy atom. The van der Waals surface area contributed by atoms with E-state index in [0.717, 1.165) is 52.4 Å². The van der Waals surface area contributed by atoms with Crippen LogP contribution in [-0.4, -0.2) is 45.4 Å². The fraction of sp³-hybridized carbons (Fsp3) is 0.391. The van der Waals surface area contributed by atoms with Crippen molar-refractivity contribution in [1.29, 1.82) is 0 Å². The van der Waals surface area contributed by atoms with Gasteiger partial charge in [0.1, 0.15) is 5.69 Å². The van der Waals surface area contributed by atoms with Crippen LogP contribution >= 0.6 is 23.5 Å². The van der Waals surface area contributed by atoms with Crippen molar-refractivity contribution >= 4 is 40.4 Å². The highest BCUT2D eigenvalue weighted by molar-refractivity contribution is 7.97. The Hall–Kier alpha value is -2.06. The van der Waals surface area contributed by atoms with Gasteiger partial charge in [-0.05, 0) is 69.0 Å². The Kier molecular flexibility index (Phi) is 8.37. The molecule has 4 rings (SSSR count). The van der Waals surface area contributed by atoms with Crippen molar-refractivity contribution in [2.75, 3.05) is 19.6 Å². The number of carbonyl (C=O) groups excluding carboxylic acids is 1. The average molecular weight is 460 g/mol. The van der Waals surface area contributed by atoms with Gasteiger partial charge in [-0.25, -0.2) is 4.31 Å². The van der Waals surface area contributed by atoms with Gasteiger partial charge in [-0.2, -0.15) is 0 Å². The molecule has 8 heteroatoms. The van der Waals surface area contributed by atoms with E-state index in [4.69, 9.17) is 17.3 Å². The second-order valence-electron chi connectivity index (χ2n) is 7.62. The molecular weight excluding hydrogens is 430 g/mol. The second kappa shape index (κ2) is 11.0. The summed E-state index contributed by atoms with van der Waals surface area (Å²) in [5, 5.41) is 4.69. The van der Waals surface area contributed by atoms with E-state index < -0.39 is 0 Å². The van der Waals surface area contributed by atoms with Gasteiger partial charge in [0, 0.05) is 59.9 Å². The van der Waals surface area contributed by atoms with E-state index in [0.29, 0.717) is 12.2 Å². The SMILES string of the molecule is CCNC(=O)c1cc(SN2CCCC(N)C2)c(C)n1C.Clc1ccc2ncccc2c1. The number of nitrogens with two attached hydrogens (primary N) is 1. The van der Waals surface area contributed by atoms with Gasteiger partial charge in [-0.15, -0.1) is 0 Å². The molecule has 1 saturated heterocycles. The van der Waals surface area contributed by atoms with Crippen LogP contribution in [0.5, 0.6) is 0 Å². The fourth-order valence-corrected chi connectivity index (χ4v) is 4.85. The molecule has 6 nitrogen and oxygen atoms in total. The molecule has 0 aliphatic carbocycles. The van der Waals surface area contributed by atoms with E-state index in [1.807, 2.05) is 54.9 Å². The summed E-state index contributed by atoms with van der Waals surface area (Å²) < 4.78 is 4.26. The maximum atomic E-state index is 12.0. The van der Waals surface area contributed by atoms with Crippen LogP contribution in [0, 0.1) is 6.92 Å². The van der Waals surface area contributed by atoms with Gasteiger partial charge >= 0.3 is 0 Å². The topological polar surface area (TPSA) is 76.2 Å². The van der Waals surface area contributed by atoms with E-state index >= 15 is 0 Å². The minimum Gasteiger partial charge on any atom is -0.351 e. The summed E-state index contributed by atoms with van der Waals surface area (Å²) in [4.78, 5) is 17.3. The highest BCUT2D eigenvalue weighted by Gasteiger charge is 2.21. The van der Waals surface area contributed by atoms with Crippen LogP contribution in [0.2, 0.25) is 5.02 Å². The van der Waals surface area contributed by atoms with Crippen LogP contribution in [0.1, 0.15) is 35.9 Å². The summed E-state index contributed by atoms with van der Waals surface area (Å²) in [6, 6.07) is 11.8. The van der Waals surface area contributed by atoms with E-state index in [-0.39, 0.29) is 11.9 Å². The lowest BCUT2D eigenvalue weighted by molar-refractivity contribution is 0.0947. The van der Waals surface area contributed by atoms with Crippen molar-refractivity contribution in [3.05, 3.63) is 59.0 Å². The molecule has 1 unspecified atom stereocenters. The van der Waals surface area contributed by atoms with Crippen molar-refractivity contribution in [3.63, 3.8) is 0 Å². The van der Waals surface area contributed by atoms with Crippen LogP contribution in [0.3, 0.4) is 0 Å². The first-order valence-electron chi connectivity index (χ1n) is 10.5. The van der Waals surface area contributed by atoms with Crippen LogP contribution in [-0.2, 0) is 7.05 Å². The highest BCUT2D eigenvalue weighted by Crippen LogP contribution is 2.30. The molecule has 1 aliphatic rings. The zero-order valence-corrected chi connectivity index (χ0v) is 19.8. The quantitative estimate of drug-likeness (QED) is 0.565. The maximum Gasteiger partial charge on any atom is 0.267 e. The third kappa shape index (κ3) is 6.23. The molecule has 1 aromatic carbocycles. The number of hydrogen-bond acceptors (Lipinski definition) is 5. The lowest BCUT2D eigenvalue weighted by atomic mass is 10.1. The van der Waals surface area contributed by atoms with Gasteiger partial charge in [-0.1, -0.05) is 17.7 Å². The summed E-state index contributed by atoms with van der Waals surface area (Å²) in [5.41, 5.74) is 8.84. The van der Waals surface area contributed by atoms with Crippen molar-refractivity contribution < 1.29 is 4.79 Å². The molecular formula is C23H30ClN5OS. The Morgan fingerprint density at radius 2 is 2.16 bits per heavy atom. The first-order valence-corrected chi connectivity index (χ1v) is 11.7. The highest BCUT2D eigenvalue weighted by atomic mass is 35.5. The molecule has 3 N–H and O–H groups in total. The summed E-state index contributed by atoms with van der Waals surface area (Å²) >= 11 is 7.51. The van der Waals surface area contributed by atoms with Gasteiger partial charge < -0.3 is 15.6 Å². The summed E-state index contributed by atoms with van der Waals surface area (Å²) in [5.74, 6) is -0.0136. The zero-order chi connectivity index (χ0) is 22.4. The molecule has 2 aromatic heterocycles. The van der Waals surface area contributed by atoms with E-state index in [9.17, 15) is 4.79 Å². The fourth-order valence-electron chi connectivity index (χ4n) is 3.48. The Morgan fingerprint density at radius 1 is 1.35 bits per heavy atom. The normalized spacial score (nSPS) is 16.6. The minimum atomic E-state index is -0.0136. The number of nitrogens with one attached hydrogen (secondary N) is 1. The predicted molar refractivity (Wildman–Crippen MR) is 130 cm³/mol. The number of carbonyl (C=O) groups is 1. The molecule has 1 atom stereocenters. The summed E-state index contributed by atoms with van der Waals surface area (Å²) in [6.07, 6.45) is 4.02. The molecule has 1 fully saturated rings. The Balaban J connectivity index is 0.000000207. The number of hydrogen-bond donors (Lipinski definition) is 2. The van der Waals surface area contributed by atoms with Crippen LogP contribution in [0.4, 0.5) is 0 Å². The van der Waals surface area contributed by atoms with E-state index in [1.54, 1.807) is 18.1 Å². The van der Waals surface area contributed by atoms with Gasteiger partial charge in [0.05, 0.1) is 5.52 Å². The van der Waals surface area contributed by atoms with Crippen molar-refractivity contribution in [1.82, 2.24) is 19.2 Å². The summed E-state index contributed by atoms with van der Waals surface area (Å²) in [7, 11) is 1.94. The van der Waals surface area contributed by atoms with Crippen molar-refractivity contribution in [2.45, 2.75) is 37.6 Å². The molecule has 0 radical (unpaired) electrons. The van der Waals surface area contributed by atoms with Crippen LogP contribution < -0.4 is 11.1 Å². The van der Waals surface area contributed by atoms with Crippen molar-refractivity contribution in [3.8, 4) is 0 Å². The standard InChI is InChI=1S/C14H24N4OS.C9H6ClN/c1-4-16-14(19)12-8-13(10(2)17(12)3)20-18-7-5-6-11(15)9-18;10-8-3-4-9-7(6-8)2-1-5-11-9/h8,11H,4-7,9,15H2,1-3H3,(H,16,19);1-6H. The number of pyridine rings is 1. The number of aromatic nitrogens is 2. The third-order valence-electron chi connectivity index (χ3n) is 5.27. The van der Waals surface area contributed by atoms with Crippen LogP contribution in [0.15, 0.2) is 47.5 Å². The third-order valence-corrected chi connectivity index (χ3v) is 6.71. The summed E-state index contributed by atoms with van der Waals surface area (Å²) in [6.45, 7) is 6.60. The lowest BCUT2D eigenvalue weighted by Crippen LogP contribution is -2.39. The number of fused-ring (bicyclic) bond motifs is 1. The second-order valence-corrected chi connectivity index (χ2v) is 9.19. The zero-order valence-electron chi connectivity index (χ0n) is 18.3. The lowest BCUT2D eigenvalue weighted by Gasteiger charge is -2.29. The minimum absolute atomic E-state index is 0.0136. The molecule has 0 bridgehead atoms. The largest absolute Gasteiger partial charge is 0.351 e. The molecule has 0 spiro atoms. The number of rotatable bonds is 4. The molecule has 3 aromatic rings. The van der Waals surface area contributed by atoms with Gasteiger partial charge in [0.25, 0.3) is 5.91 Å². The number of halogens is 1. The monoisotopic (exact) mass is 459 g/mol.